The van der Waals surface area contributed by atoms with Crippen molar-refractivity contribution in [1.82, 2.24) is 5.32 Å². The average Bonchev–Trinajstić information content (AvgIpc) is 3.48. The molecule has 3 amide bonds. The van der Waals surface area contributed by atoms with Crippen LogP contribution < -0.4 is 15.5 Å². The van der Waals surface area contributed by atoms with Crippen LogP contribution in [-0.4, -0.2) is 36.0 Å². The maximum atomic E-state index is 13.3. The smallest absolute Gasteiger partial charge is 0.234 e. The maximum Gasteiger partial charge on any atom is 0.234 e. The largest absolute Gasteiger partial charge is 0.467 e. The first kappa shape index (κ1) is 18.6. The highest BCUT2D eigenvalue weighted by molar-refractivity contribution is 6.03. The first-order chi connectivity index (χ1) is 14.5. The molecule has 2 N–H and O–H groups in total. The third kappa shape index (κ3) is 2.91. The van der Waals surface area contributed by atoms with Crippen molar-refractivity contribution < 1.29 is 23.5 Å². The Balaban J connectivity index is 1.35. The van der Waals surface area contributed by atoms with Crippen LogP contribution in [0.2, 0.25) is 0 Å². The first-order valence-corrected chi connectivity index (χ1v) is 9.83. The van der Waals surface area contributed by atoms with Crippen molar-refractivity contribution >= 4 is 29.1 Å². The van der Waals surface area contributed by atoms with Crippen molar-refractivity contribution in [3.8, 4) is 0 Å². The molecule has 1 spiro atoms. The van der Waals surface area contributed by atoms with E-state index in [4.69, 9.17) is 9.15 Å². The Labute approximate surface area is 172 Å². The van der Waals surface area contributed by atoms with Gasteiger partial charge in [-0.2, -0.15) is 0 Å². The molecule has 4 heterocycles. The molecule has 2 saturated heterocycles. The number of hydrogen-bond donors (Lipinski definition) is 2. The minimum absolute atomic E-state index is 0.132. The average molecular weight is 407 g/mol. The van der Waals surface area contributed by atoms with Crippen LogP contribution >= 0.6 is 0 Å². The number of ether oxygens (including phenoxy) is 1. The minimum Gasteiger partial charge on any atom is -0.467 e. The summed E-state index contributed by atoms with van der Waals surface area (Å²) in [6.45, 7) is 2.06. The number of furan rings is 1. The molecule has 8 heteroatoms. The van der Waals surface area contributed by atoms with Crippen LogP contribution in [0.15, 0.2) is 59.2 Å². The Morgan fingerprint density at radius 2 is 2.03 bits per heavy atom. The van der Waals surface area contributed by atoms with Gasteiger partial charge in [-0.1, -0.05) is 12.2 Å². The van der Waals surface area contributed by atoms with Crippen LogP contribution in [0.1, 0.15) is 12.7 Å². The molecule has 0 aliphatic carbocycles. The summed E-state index contributed by atoms with van der Waals surface area (Å²) < 4.78 is 11.4. The van der Waals surface area contributed by atoms with Crippen LogP contribution in [0.3, 0.4) is 0 Å². The molecule has 1 aromatic heterocycles. The third-order valence-electron chi connectivity index (χ3n) is 5.92. The predicted octanol–water partition coefficient (Wildman–Crippen LogP) is 1.84. The summed E-state index contributed by atoms with van der Waals surface area (Å²) in [4.78, 5) is 39.1. The topological polar surface area (TPSA) is 101 Å². The van der Waals surface area contributed by atoms with Gasteiger partial charge >= 0.3 is 0 Å². The first-order valence-electron chi connectivity index (χ1n) is 9.83. The van der Waals surface area contributed by atoms with E-state index >= 15 is 0 Å². The molecule has 154 valence electrons. The van der Waals surface area contributed by atoms with Gasteiger partial charge in [-0.25, -0.2) is 0 Å². The molecule has 3 aliphatic heterocycles. The van der Waals surface area contributed by atoms with Gasteiger partial charge in [-0.15, -0.1) is 0 Å². The molecular weight excluding hydrogens is 386 g/mol. The summed E-state index contributed by atoms with van der Waals surface area (Å²) in [5, 5.41) is 5.57. The lowest BCUT2D eigenvalue weighted by molar-refractivity contribution is -0.132. The number of rotatable bonds is 5. The summed E-state index contributed by atoms with van der Waals surface area (Å²) in [5.74, 6) is -1.01. The van der Waals surface area contributed by atoms with Gasteiger partial charge in [0, 0.05) is 18.3 Å². The summed E-state index contributed by atoms with van der Waals surface area (Å²) >= 11 is 0. The molecule has 30 heavy (non-hydrogen) atoms. The van der Waals surface area contributed by atoms with Gasteiger partial charge < -0.3 is 24.7 Å². The lowest BCUT2D eigenvalue weighted by Crippen LogP contribution is -2.43. The SMILES string of the molecule is CC(=O)Nc1ccc(N2C[C@@]34C=C[C@@H](O3)[C@H](C(=O)NCc3ccco3)[C@@H]4C2=O)cc1. The van der Waals surface area contributed by atoms with Gasteiger partial charge in [0.2, 0.25) is 17.7 Å². The molecule has 2 aromatic rings. The van der Waals surface area contributed by atoms with Gasteiger partial charge in [0.1, 0.15) is 11.4 Å². The van der Waals surface area contributed by atoms with Crippen LogP contribution in [0.4, 0.5) is 11.4 Å². The summed E-state index contributed by atoms with van der Waals surface area (Å²) in [7, 11) is 0. The van der Waals surface area contributed by atoms with E-state index in [0.717, 1.165) is 0 Å². The summed E-state index contributed by atoms with van der Waals surface area (Å²) in [6, 6.07) is 10.6. The van der Waals surface area contributed by atoms with Gasteiger partial charge in [0.25, 0.3) is 0 Å². The Kier molecular flexibility index (Phi) is 4.25. The molecule has 1 aromatic carbocycles. The molecule has 0 radical (unpaired) electrons. The molecule has 0 saturated carbocycles. The van der Waals surface area contributed by atoms with Crippen LogP contribution in [0.25, 0.3) is 0 Å². The molecule has 0 unspecified atom stereocenters. The van der Waals surface area contributed by atoms with E-state index < -0.39 is 23.5 Å². The van der Waals surface area contributed by atoms with E-state index in [1.807, 2.05) is 12.2 Å². The number of fused-ring (bicyclic) bond motifs is 1. The Hall–Kier alpha value is -3.39. The predicted molar refractivity (Wildman–Crippen MR) is 107 cm³/mol. The number of nitrogens with one attached hydrogen (secondary N) is 2. The number of carbonyl (C=O) groups excluding carboxylic acids is 3. The van der Waals surface area contributed by atoms with Crippen molar-refractivity contribution in [3.05, 3.63) is 60.6 Å². The molecule has 2 bridgehead atoms. The van der Waals surface area contributed by atoms with E-state index in [-0.39, 0.29) is 24.3 Å². The van der Waals surface area contributed by atoms with E-state index in [0.29, 0.717) is 23.7 Å². The standard InChI is InChI=1S/C22H21N3O5/c1-13(26)24-14-4-6-15(7-5-14)25-12-22-9-8-17(30-22)18(19(22)21(25)28)20(27)23-11-16-3-2-10-29-16/h2-10,17-19H,11-12H2,1H3,(H,23,27)(H,24,26)/t17-,18+,19-,22-/m1/s1. The second-order valence-electron chi connectivity index (χ2n) is 7.85. The second-order valence-corrected chi connectivity index (χ2v) is 7.85. The highest BCUT2D eigenvalue weighted by Gasteiger charge is 2.67. The number of nitrogens with zero attached hydrogens (tertiary/aromatic N) is 1. The zero-order valence-electron chi connectivity index (χ0n) is 16.3. The number of amides is 3. The molecule has 8 nitrogen and oxygen atoms in total. The van der Waals surface area contributed by atoms with Crippen LogP contribution in [-0.2, 0) is 25.7 Å². The molecule has 3 aliphatic rings. The van der Waals surface area contributed by atoms with Crippen molar-refractivity contribution in [2.75, 3.05) is 16.8 Å². The van der Waals surface area contributed by atoms with E-state index in [1.54, 1.807) is 47.6 Å². The van der Waals surface area contributed by atoms with Gasteiger partial charge in [0.05, 0.1) is 37.3 Å². The lowest BCUT2D eigenvalue weighted by atomic mass is 9.77. The van der Waals surface area contributed by atoms with Gasteiger partial charge in [0.15, 0.2) is 0 Å². The molecule has 4 atom stereocenters. The van der Waals surface area contributed by atoms with Crippen molar-refractivity contribution in [1.29, 1.82) is 0 Å². The number of carbonyl (C=O) groups is 3. The fourth-order valence-corrected chi connectivity index (χ4v) is 4.65. The molecule has 2 fully saturated rings. The highest BCUT2D eigenvalue weighted by Crippen LogP contribution is 2.52. The Bertz CT molecular complexity index is 1030. The molecular formula is C22H21N3O5. The second kappa shape index (κ2) is 6.84. The van der Waals surface area contributed by atoms with Gasteiger partial charge in [-0.05, 0) is 36.4 Å². The fraction of sp³-hybridized carbons (Fsp3) is 0.318. The van der Waals surface area contributed by atoms with E-state index in [1.165, 1.54) is 6.92 Å². The van der Waals surface area contributed by atoms with E-state index in [2.05, 4.69) is 10.6 Å². The number of anilines is 2. The Morgan fingerprint density at radius 1 is 1.23 bits per heavy atom. The summed E-state index contributed by atoms with van der Waals surface area (Å²) in [6.07, 6.45) is 4.95. The van der Waals surface area contributed by atoms with Crippen LogP contribution in [0, 0.1) is 11.8 Å². The quantitative estimate of drug-likeness (QED) is 0.737. The zero-order chi connectivity index (χ0) is 20.9. The van der Waals surface area contributed by atoms with Crippen molar-refractivity contribution in [3.63, 3.8) is 0 Å². The fourth-order valence-electron chi connectivity index (χ4n) is 4.65. The van der Waals surface area contributed by atoms with Crippen LogP contribution in [0.5, 0.6) is 0 Å². The monoisotopic (exact) mass is 407 g/mol. The maximum absolute atomic E-state index is 13.3. The number of benzene rings is 1. The van der Waals surface area contributed by atoms with Gasteiger partial charge in [-0.3, -0.25) is 14.4 Å². The molecule has 5 rings (SSSR count). The number of hydrogen-bond acceptors (Lipinski definition) is 5. The highest BCUT2D eigenvalue weighted by atomic mass is 16.5. The normalized spacial score (nSPS) is 28.6. The zero-order valence-corrected chi connectivity index (χ0v) is 16.3. The third-order valence-corrected chi connectivity index (χ3v) is 5.92. The summed E-state index contributed by atoms with van der Waals surface area (Å²) in [5.41, 5.74) is 0.571. The lowest BCUT2D eigenvalue weighted by Gasteiger charge is -2.23. The van der Waals surface area contributed by atoms with E-state index in [9.17, 15) is 14.4 Å². The Morgan fingerprint density at radius 3 is 2.73 bits per heavy atom. The van der Waals surface area contributed by atoms with Crippen molar-refractivity contribution in [2.45, 2.75) is 25.2 Å². The minimum atomic E-state index is -0.787. The van der Waals surface area contributed by atoms with Crippen molar-refractivity contribution in [2.24, 2.45) is 11.8 Å².